The van der Waals surface area contributed by atoms with E-state index in [-0.39, 0.29) is 18.6 Å². The standard InChI is InChI=1S/C14H24N4O8S/c1-6(16-12(23)7(15)2-3-10(20)21)11(22)18-9(5-27)13(24)17-8(4-19)14(25)26/h6-9,19,27H,2-5,15H2,1H3,(H,16,23)(H,17,24)(H,18,22)(H,20,21)(H,25,26). The van der Waals surface area contributed by atoms with E-state index in [1.807, 2.05) is 5.32 Å². The molecule has 0 aliphatic rings. The Morgan fingerprint density at radius 3 is 1.96 bits per heavy atom. The van der Waals surface area contributed by atoms with Crippen molar-refractivity contribution in [1.29, 1.82) is 0 Å². The lowest BCUT2D eigenvalue weighted by Gasteiger charge is -2.22. The van der Waals surface area contributed by atoms with Gasteiger partial charge in [-0.05, 0) is 13.3 Å². The Morgan fingerprint density at radius 2 is 1.52 bits per heavy atom. The molecule has 154 valence electrons. The van der Waals surface area contributed by atoms with Crippen LogP contribution >= 0.6 is 12.6 Å². The number of hydrogen-bond acceptors (Lipinski definition) is 8. The van der Waals surface area contributed by atoms with Gasteiger partial charge < -0.3 is 37.0 Å². The van der Waals surface area contributed by atoms with E-state index in [1.165, 1.54) is 6.92 Å². The van der Waals surface area contributed by atoms with E-state index in [9.17, 15) is 24.0 Å². The number of hydrogen-bond donors (Lipinski definition) is 8. The summed E-state index contributed by atoms with van der Waals surface area (Å²) in [6.07, 6.45) is -0.429. The Hall–Kier alpha value is -2.38. The van der Waals surface area contributed by atoms with Crippen LogP contribution in [-0.2, 0) is 24.0 Å². The molecule has 0 spiro atoms. The van der Waals surface area contributed by atoms with Gasteiger partial charge in [0, 0.05) is 12.2 Å². The molecule has 4 atom stereocenters. The number of aliphatic hydroxyl groups excluding tert-OH is 1. The van der Waals surface area contributed by atoms with E-state index in [4.69, 9.17) is 21.1 Å². The molecule has 0 aromatic heterocycles. The predicted octanol–water partition coefficient (Wildman–Crippen LogP) is -3.34. The molecule has 8 N–H and O–H groups in total. The number of carboxylic acids is 2. The van der Waals surface area contributed by atoms with Crippen LogP contribution in [0.3, 0.4) is 0 Å². The van der Waals surface area contributed by atoms with Crippen LogP contribution in [0.5, 0.6) is 0 Å². The number of carboxylic acid groups (broad SMARTS) is 2. The summed E-state index contributed by atoms with van der Waals surface area (Å²) in [6.45, 7) is 0.480. The molecule has 4 unspecified atom stereocenters. The number of amides is 3. The van der Waals surface area contributed by atoms with Gasteiger partial charge in [-0.2, -0.15) is 12.6 Å². The van der Waals surface area contributed by atoms with E-state index < -0.39 is 60.4 Å². The molecular weight excluding hydrogens is 384 g/mol. The molecule has 27 heavy (non-hydrogen) atoms. The molecule has 0 rings (SSSR count). The molecule has 0 saturated carbocycles. The molecule has 12 nitrogen and oxygen atoms in total. The number of aliphatic hydroxyl groups is 1. The third kappa shape index (κ3) is 9.21. The van der Waals surface area contributed by atoms with Crippen LogP contribution in [0.4, 0.5) is 0 Å². The molecular formula is C14H24N4O8S. The third-order valence-corrected chi connectivity index (χ3v) is 3.74. The first-order chi connectivity index (χ1) is 12.5. The molecule has 0 heterocycles. The summed E-state index contributed by atoms with van der Waals surface area (Å²) in [7, 11) is 0. The highest BCUT2D eigenvalue weighted by molar-refractivity contribution is 7.80. The first kappa shape index (κ1) is 24.6. The van der Waals surface area contributed by atoms with Gasteiger partial charge in [-0.3, -0.25) is 19.2 Å². The van der Waals surface area contributed by atoms with Crippen molar-refractivity contribution < 1.29 is 39.3 Å². The van der Waals surface area contributed by atoms with Crippen LogP contribution in [0.25, 0.3) is 0 Å². The second kappa shape index (κ2) is 12.1. The maximum absolute atomic E-state index is 12.1. The predicted molar refractivity (Wildman–Crippen MR) is 94.9 cm³/mol. The maximum atomic E-state index is 12.1. The molecule has 0 aliphatic carbocycles. The van der Waals surface area contributed by atoms with E-state index in [2.05, 4.69) is 23.3 Å². The number of nitrogens with two attached hydrogens (primary N) is 1. The van der Waals surface area contributed by atoms with Gasteiger partial charge in [-0.25, -0.2) is 4.79 Å². The average molecular weight is 408 g/mol. The molecule has 0 fully saturated rings. The number of nitrogens with one attached hydrogen (secondary N) is 3. The normalized spacial score (nSPS) is 15.0. The highest BCUT2D eigenvalue weighted by Crippen LogP contribution is 1.97. The van der Waals surface area contributed by atoms with E-state index in [0.29, 0.717) is 0 Å². The fourth-order valence-electron chi connectivity index (χ4n) is 1.74. The van der Waals surface area contributed by atoms with Crippen molar-refractivity contribution >= 4 is 42.3 Å². The van der Waals surface area contributed by atoms with Crippen LogP contribution < -0.4 is 21.7 Å². The number of aliphatic carboxylic acids is 2. The Labute approximate surface area is 160 Å². The van der Waals surface area contributed by atoms with Crippen LogP contribution in [0.2, 0.25) is 0 Å². The summed E-state index contributed by atoms with van der Waals surface area (Å²) in [6, 6.07) is -4.98. The van der Waals surface area contributed by atoms with Crippen molar-refractivity contribution in [3.8, 4) is 0 Å². The molecule has 0 saturated heterocycles. The molecule has 13 heteroatoms. The quantitative estimate of drug-likeness (QED) is 0.152. The fourth-order valence-corrected chi connectivity index (χ4v) is 2.00. The Morgan fingerprint density at radius 1 is 0.963 bits per heavy atom. The summed E-state index contributed by atoms with van der Waals surface area (Å²) in [4.78, 5) is 57.2. The van der Waals surface area contributed by atoms with Crippen molar-refractivity contribution in [2.75, 3.05) is 12.4 Å². The topological polar surface area (TPSA) is 208 Å². The van der Waals surface area contributed by atoms with Gasteiger partial charge in [0.15, 0.2) is 0 Å². The Kier molecular flexibility index (Phi) is 11.0. The number of carbonyl (C=O) groups is 5. The summed E-state index contributed by atoms with van der Waals surface area (Å²) >= 11 is 3.90. The Balaban J connectivity index is 4.68. The minimum absolute atomic E-state index is 0.116. The van der Waals surface area contributed by atoms with Gasteiger partial charge in [0.05, 0.1) is 12.6 Å². The zero-order valence-electron chi connectivity index (χ0n) is 14.5. The maximum Gasteiger partial charge on any atom is 0.328 e. The molecule has 0 aromatic rings. The van der Waals surface area contributed by atoms with Crippen molar-refractivity contribution in [3.63, 3.8) is 0 Å². The smallest absolute Gasteiger partial charge is 0.328 e. The number of thiol groups is 1. The highest BCUT2D eigenvalue weighted by atomic mass is 32.1. The van der Waals surface area contributed by atoms with Crippen LogP contribution in [0.1, 0.15) is 19.8 Å². The SMILES string of the molecule is CC(NC(=O)C(N)CCC(=O)O)C(=O)NC(CS)C(=O)NC(CO)C(=O)O. The average Bonchev–Trinajstić information content (AvgIpc) is 2.60. The van der Waals surface area contributed by atoms with Gasteiger partial charge >= 0.3 is 11.9 Å². The Bertz CT molecular complexity index is 573. The molecule has 0 radical (unpaired) electrons. The van der Waals surface area contributed by atoms with Crippen molar-refractivity contribution in [1.82, 2.24) is 16.0 Å². The van der Waals surface area contributed by atoms with Gasteiger partial charge in [-0.1, -0.05) is 0 Å². The van der Waals surface area contributed by atoms with E-state index >= 15 is 0 Å². The lowest BCUT2D eigenvalue weighted by atomic mass is 10.1. The van der Waals surface area contributed by atoms with Gasteiger partial charge in [0.25, 0.3) is 0 Å². The summed E-state index contributed by atoms with van der Waals surface area (Å²) in [5.74, 6) is -5.12. The highest BCUT2D eigenvalue weighted by Gasteiger charge is 2.27. The summed E-state index contributed by atoms with van der Waals surface area (Å²) in [5, 5.41) is 32.9. The lowest BCUT2D eigenvalue weighted by molar-refractivity contribution is -0.143. The second-order valence-electron chi connectivity index (χ2n) is 5.59. The molecule has 3 amide bonds. The van der Waals surface area contributed by atoms with Crippen LogP contribution in [-0.4, -0.2) is 81.5 Å². The summed E-state index contributed by atoms with van der Waals surface area (Å²) in [5.41, 5.74) is 5.53. The van der Waals surface area contributed by atoms with E-state index in [1.54, 1.807) is 0 Å². The van der Waals surface area contributed by atoms with Crippen molar-refractivity contribution in [2.45, 2.75) is 43.9 Å². The van der Waals surface area contributed by atoms with E-state index in [0.717, 1.165) is 0 Å². The summed E-state index contributed by atoms with van der Waals surface area (Å²) < 4.78 is 0. The first-order valence-electron chi connectivity index (χ1n) is 7.86. The zero-order valence-corrected chi connectivity index (χ0v) is 15.4. The van der Waals surface area contributed by atoms with Crippen molar-refractivity contribution in [3.05, 3.63) is 0 Å². The third-order valence-electron chi connectivity index (χ3n) is 3.37. The lowest BCUT2D eigenvalue weighted by Crippen LogP contribution is -2.57. The minimum Gasteiger partial charge on any atom is -0.481 e. The molecule has 0 aliphatic heterocycles. The second-order valence-corrected chi connectivity index (χ2v) is 5.96. The molecule has 0 aromatic carbocycles. The number of rotatable bonds is 12. The van der Waals surface area contributed by atoms with Gasteiger partial charge in [0.2, 0.25) is 17.7 Å². The monoisotopic (exact) mass is 408 g/mol. The van der Waals surface area contributed by atoms with Crippen LogP contribution in [0, 0.1) is 0 Å². The minimum atomic E-state index is -1.54. The largest absolute Gasteiger partial charge is 0.481 e. The first-order valence-corrected chi connectivity index (χ1v) is 8.49. The van der Waals surface area contributed by atoms with Gasteiger partial charge in [-0.15, -0.1) is 0 Å². The van der Waals surface area contributed by atoms with Crippen molar-refractivity contribution in [2.24, 2.45) is 5.73 Å². The fraction of sp³-hybridized carbons (Fsp3) is 0.643. The van der Waals surface area contributed by atoms with Crippen LogP contribution in [0.15, 0.2) is 0 Å². The zero-order chi connectivity index (χ0) is 21.1. The van der Waals surface area contributed by atoms with Gasteiger partial charge in [0.1, 0.15) is 18.1 Å². The molecule has 0 bridgehead atoms. The number of carbonyl (C=O) groups excluding carboxylic acids is 3.